The summed E-state index contributed by atoms with van der Waals surface area (Å²) in [7, 11) is -3.43. The Morgan fingerprint density at radius 2 is 1.26 bits per heavy atom. The molecule has 0 aliphatic heterocycles. The molecule has 6 heteroatoms. The summed E-state index contributed by atoms with van der Waals surface area (Å²) in [4.78, 5) is 12.8. The van der Waals surface area contributed by atoms with Crippen LogP contribution in [0.3, 0.4) is 0 Å². The number of nitrogens with zero attached hydrogens (tertiary/aromatic N) is 1. The van der Waals surface area contributed by atoms with Crippen LogP contribution in [0.25, 0.3) is 0 Å². The minimum Gasteiger partial charge on any atom is -0.444 e. The molecule has 0 bridgehead atoms. The van der Waals surface area contributed by atoms with Crippen molar-refractivity contribution in [1.82, 2.24) is 5.32 Å². The lowest BCUT2D eigenvalue weighted by Crippen LogP contribution is -2.47. The summed E-state index contributed by atoms with van der Waals surface area (Å²) in [5, 5.41) is 4.25. The molecule has 34 heavy (non-hydrogen) atoms. The van der Waals surface area contributed by atoms with Crippen molar-refractivity contribution in [3.63, 3.8) is 0 Å². The van der Waals surface area contributed by atoms with Gasteiger partial charge in [0.15, 0.2) is 0 Å². The van der Waals surface area contributed by atoms with E-state index in [0.29, 0.717) is 16.3 Å². The maximum atomic E-state index is 14.7. The highest BCUT2D eigenvalue weighted by atomic mass is 31.2. The number of amides is 1. The number of rotatable bonds is 7. The number of hydrogen-bond acceptors (Lipinski definition) is 3. The first-order valence-corrected chi connectivity index (χ1v) is 13.1. The molecule has 3 aromatic carbocycles. The zero-order chi connectivity index (χ0) is 24.8. The average molecular weight is 477 g/mol. The zero-order valence-corrected chi connectivity index (χ0v) is 21.3. The smallest absolute Gasteiger partial charge is 0.408 e. The number of nitrogens with one attached hydrogen (secondary N) is 1. The SMILES string of the molecule is CC(C)[C@H](NC(=O)OC(C)(C)C)/C(=N/P(=O)(c1ccccc1)c1ccccc1)c1ccccc1. The van der Waals surface area contributed by atoms with Crippen LogP contribution in [0.5, 0.6) is 0 Å². The number of hydrogen-bond donors (Lipinski definition) is 1. The molecule has 3 aromatic rings. The van der Waals surface area contributed by atoms with Crippen LogP contribution in [0.15, 0.2) is 95.8 Å². The van der Waals surface area contributed by atoms with E-state index in [1.54, 1.807) is 0 Å². The Morgan fingerprint density at radius 3 is 1.68 bits per heavy atom. The van der Waals surface area contributed by atoms with Crippen LogP contribution in [0.2, 0.25) is 0 Å². The quantitative estimate of drug-likeness (QED) is 0.338. The monoisotopic (exact) mass is 476 g/mol. The van der Waals surface area contributed by atoms with Crippen molar-refractivity contribution in [2.24, 2.45) is 10.7 Å². The average Bonchev–Trinajstić information content (AvgIpc) is 2.81. The van der Waals surface area contributed by atoms with Gasteiger partial charge in [0.25, 0.3) is 0 Å². The van der Waals surface area contributed by atoms with E-state index >= 15 is 0 Å². The minimum absolute atomic E-state index is 0.0357. The van der Waals surface area contributed by atoms with E-state index in [-0.39, 0.29) is 5.92 Å². The number of ether oxygens (including phenoxy) is 1. The molecule has 0 saturated carbocycles. The van der Waals surface area contributed by atoms with Crippen molar-refractivity contribution >= 4 is 29.7 Å². The molecule has 5 nitrogen and oxygen atoms in total. The van der Waals surface area contributed by atoms with Crippen LogP contribution in [-0.2, 0) is 9.30 Å². The first-order chi connectivity index (χ1) is 16.1. The predicted octanol–water partition coefficient (Wildman–Crippen LogP) is 5.95. The second-order valence-corrected chi connectivity index (χ2v) is 11.9. The third-order valence-corrected chi connectivity index (χ3v) is 7.66. The van der Waals surface area contributed by atoms with Gasteiger partial charge >= 0.3 is 6.09 Å². The van der Waals surface area contributed by atoms with Gasteiger partial charge in [0, 0.05) is 10.6 Å². The highest BCUT2D eigenvalue weighted by Crippen LogP contribution is 2.46. The molecule has 1 amide bonds. The Kier molecular flexibility index (Phi) is 8.11. The third kappa shape index (κ3) is 6.45. The van der Waals surface area contributed by atoms with Gasteiger partial charge in [-0.2, -0.15) is 0 Å². The topological polar surface area (TPSA) is 67.8 Å². The van der Waals surface area contributed by atoms with Crippen molar-refractivity contribution in [2.75, 3.05) is 0 Å². The van der Waals surface area contributed by atoms with Crippen LogP contribution >= 0.6 is 7.29 Å². The van der Waals surface area contributed by atoms with Crippen molar-refractivity contribution < 1.29 is 14.1 Å². The highest BCUT2D eigenvalue weighted by molar-refractivity contribution is 7.77. The molecule has 178 valence electrons. The molecule has 0 heterocycles. The fourth-order valence-corrected chi connectivity index (χ4v) is 5.79. The summed E-state index contributed by atoms with van der Waals surface area (Å²) in [6.07, 6.45) is -0.538. The van der Waals surface area contributed by atoms with Crippen molar-refractivity contribution in [1.29, 1.82) is 0 Å². The minimum atomic E-state index is -3.43. The number of alkyl carbamates (subject to hydrolysis) is 1. The van der Waals surface area contributed by atoms with Crippen LogP contribution in [-0.4, -0.2) is 23.4 Å². The Labute approximate surface area is 202 Å². The molecule has 0 fully saturated rings. The molecular weight excluding hydrogens is 443 g/mol. The van der Waals surface area contributed by atoms with Gasteiger partial charge in [-0.25, -0.2) is 9.56 Å². The number of carbonyl (C=O) groups is 1. The molecule has 0 aliphatic rings. The summed E-state index contributed by atoms with van der Waals surface area (Å²) in [6, 6.07) is 27.6. The third-order valence-electron chi connectivity index (χ3n) is 5.16. The molecule has 1 N–H and O–H groups in total. The zero-order valence-electron chi connectivity index (χ0n) is 20.4. The molecule has 0 spiro atoms. The molecule has 0 unspecified atom stereocenters. The van der Waals surface area contributed by atoms with Crippen LogP contribution in [0, 0.1) is 5.92 Å². The standard InChI is InChI=1S/C28H33N2O3P/c1-21(2)25(29-27(31)33-28(3,4)5)26(22-15-9-6-10-16-22)30-34(32,23-17-11-7-12-18-23)24-19-13-8-14-20-24/h6-21,25H,1-5H3,(H,29,31)/b30-26+/t25-/m0/s1. The molecular formula is C28H33N2O3P. The molecule has 3 rings (SSSR count). The summed E-state index contributed by atoms with van der Waals surface area (Å²) < 4.78 is 25.2. The van der Waals surface area contributed by atoms with Crippen LogP contribution < -0.4 is 15.9 Å². The predicted molar refractivity (Wildman–Crippen MR) is 141 cm³/mol. The lowest BCUT2D eigenvalue weighted by Gasteiger charge is -2.28. The normalized spacial score (nSPS) is 13.4. The molecule has 1 atom stereocenters. The van der Waals surface area contributed by atoms with Crippen molar-refractivity contribution in [3.8, 4) is 0 Å². The lowest BCUT2D eigenvalue weighted by atomic mass is 9.94. The van der Waals surface area contributed by atoms with Crippen LogP contribution in [0.1, 0.15) is 40.2 Å². The van der Waals surface area contributed by atoms with Crippen molar-refractivity contribution in [2.45, 2.75) is 46.3 Å². The fraction of sp³-hybridized carbons (Fsp3) is 0.286. The van der Waals surface area contributed by atoms with Gasteiger partial charge in [0.1, 0.15) is 5.60 Å². The van der Waals surface area contributed by atoms with E-state index in [1.165, 1.54) is 0 Å². The van der Waals surface area contributed by atoms with Gasteiger partial charge in [-0.3, -0.25) is 4.57 Å². The Morgan fingerprint density at radius 1 is 0.824 bits per heavy atom. The van der Waals surface area contributed by atoms with Gasteiger partial charge < -0.3 is 10.1 Å². The summed E-state index contributed by atoms with van der Waals surface area (Å²) in [5.74, 6) is -0.0357. The van der Waals surface area contributed by atoms with E-state index < -0.39 is 25.0 Å². The van der Waals surface area contributed by atoms with Gasteiger partial charge in [0.2, 0.25) is 7.29 Å². The Hall–Kier alpha value is -3.17. The second kappa shape index (κ2) is 10.8. The molecule has 0 radical (unpaired) electrons. The van der Waals surface area contributed by atoms with E-state index in [1.807, 2.05) is 126 Å². The Balaban J connectivity index is 2.21. The van der Waals surface area contributed by atoms with Crippen LogP contribution in [0.4, 0.5) is 4.79 Å². The fourth-order valence-electron chi connectivity index (χ4n) is 3.57. The maximum Gasteiger partial charge on any atom is 0.408 e. The van der Waals surface area contributed by atoms with Gasteiger partial charge in [-0.1, -0.05) is 80.6 Å². The number of carbonyl (C=O) groups excluding carboxylic acids is 1. The summed E-state index contributed by atoms with van der Waals surface area (Å²) in [6.45, 7) is 9.46. The van der Waals surface area contributed by atoms with E-state index in [4.69, 9.17) is 9.50 Å². The summed E-state index contributed by atoms with van der Waals surface area (Å²) in [5.41, 5.74) is 0.709. The van der Waals surface area contributed by atoms with Gasteiger partial charge in [-0.05, 0) is 56.5 Å². The highest BCUT2D eigenvalue weighted by Gasteiger charge is 2.32. The lowest BCUT2D eigenvalue weighted by molar-refractivity contribution is 0.0508. The Bertz CT molecular complexity index is 1110. The van der Waals surface area contributed by atoms with E-state index in [9.17, 15) is 9.36 Å². The molecule has 0 aromatic heterocycles. The first kappa shape index (κ1) is 25.5. The van der Waals surface area contributed by atoms with Gasteiger partial charge in [0.05, 0.1) is 11.8 Å². The van der Waals surface area contributed by atoms with E-state index in [0.717, 1.165) is 5.56 Å². The summed E-state index contributed by atoms with van der Waals surface area (Å²) >= 11 is 0. The second-order valence-electron chi connectivity index (χ2n) is 9.47. The largest absolute Gasteiger partial charge is 0.444 e. The van der Waals surface area contributed by atoms with Gasteiger partial charge in [-0.15, -0.1) is 0 Å². The maximum absolute atomic E-state index is 14.7. The molecule has 0 aliphatic carbocycles. The number of benzene rings is 3. The van der Waals surface area contributed by atoms with Crippen molar-refractivity contribution in [3.05, 3.63) is 96.6 Å². The van der Waals surface area contributed by atoms with E-state index in [2.05, 4.69) is 5.32 Å². The molecule has 0 saturated heterocycles. The first-order valence-electron chi connectivity index (χ1n) is 11.5.